The topological polar surface area (TPSA) is 86.8 Å². The summed E-state index contributed by atoms with van der Waals surface area (Å²) in [6.45, 7) is 3.60. The van der Waals surface area contributed by atoms with Crippen LogP contribution in [0, 0.1) is 6.92 Å². The number of hydrogen-bond donors (Lipinski definition) is 1. The van der Waals surface area contributed by atoms with Crippen molar-refractivity contribution in [3.63, 3.8) is 0 Å². The largest absolute Gasteiger partial charge is 0.354 e. The van der Waals surface area contributed by atoms with Gasteiger partial charge in [0.2, 0.25) is 11.8 Å². The molecule has 248 valence electrons. The van der Waals surface area contributed by atoms with Gasteiger partial charge in [-0.05, 0) is 66.9 Å². The summed E-state index contributed by atoms with van der Waals surface area (Å²) in [5, 5.41) is 3.92. The van der Waals surface area contributed by atoms with Gasteiger partial charge < -0.3 is 10.2 Å². The highest BCUT2D eigenvalue weighted by Crippen LogP contribution is 2.31. The summed E-state index contributed by atoms with van der Waals surface area (Å²) in [6.07, 6.45) is 1.80. The van der Waals surface area contributed by atoms with Crippen molar-refractivity contribution in [1.82, 2.24) is 10.2 Å². The molecular weight excluding hydrogens is 700 g/mol. The molecule has 4 aromatic carbocycles. The number of amides is 2. The molecule has 0 radical (unpaired) electrons. The average Bonchev–Trinajstić information content (AvgIpc) is 3.05. The van der Waals surface area contributed by atoms with Crippen molar-refractivity contribution >= 4 is 73.9 Å². The number of hydrogen-bond acceptors (Lipinski definition) is 4. The highest BCUT2D eigenvalue weighted by atomic mass is 35.5. The molecular formula is C35H35Cl4N3O4S. The molecule has 4 aromatic rings. The number of benzene rings is 4. The molecule has 0 bridgehead atoms. The fourth-order valence-electron chi connectivity index (χ4n) is 4.90. The fourth-order valence-corrected chi connectivity index (χ4v) is 6.92. The second kappa shape index (κ2) is 16.7. The van der Waals surface area contributed by atoms with E-state index in [0.29, 0.717) is 17.1 Å². The minimum absolute atomic E-state index is 0.0175. The molecule has 0 heterocycles. The number of nitrogens with zero attached hydrogens (tertiary/aromatic N) is 2. The Morgan fingerprint density at radius 1 is 0.787 bits per heavy atom. The molecule has 0 saturated carbocycles. The molecule has 0 fully saturated rings. The molecule has 2 amide bonds. The number of halogens is 4. The van der Waals surface area contributed by atoms with Crippen molar-refractivity contribution in [3.05, 3.63) is 128 Å². The Labute approximate surface area is 296 Å². The van der Waals surface area contributed by atoms with Crippen LogP contribution in [-0.4, -0.2) is 44.3 Å². The Bertz CT molecular complexity index is 1810. The molecule has 0 aliphatic carbocycles. The number of anilines is 1. The van der Waals surface area contributed by atoms with Crippen molar-refractivity contribution in [2.75, 3.05) is 17.4 Å². The number of sulfonamides is 1. The lowest BCUT2D eigenvalue weighted by Gasteiger charge is -2.34. The number of rotatable bonds is 14. The Balaban J connectivity index is 1.82. The minimum Gasteiger partial charge on any atom is -0.354 e. The molecule has 0 spiro atoms. The van der Waals surface area contributed by atoms with E-state index in [-0.39, 0.29) is 44.5 Å². The Morgan fingerprint density at radius 2 is 1.43 bits per heavy atom. The van der Waals surface area contributed by atoms with Gasteiger partial charge in [0.05, 0.1) is 30.7 Å². The van der Waals surface area contributed by atoms with Crippen molar-refractivity contribution in [2.24, 2.45) is 0 Å². The molecule has 0 aromatic heterocycles. The molecule has 47 heavy (non-hydrogen) atoms. The van der Waals surface area contributed by atoms with E-state index in [9.17, 15) is 18.0 Å². The Hall–Kier alpha value is -3.27. The molecule has 0 aliphatic heterocycles. The van der Waals surface area contributed by atoms with Crippen LogP contribution in [0.15, 0.2) is 95.9 Å². The molecule has 0 saturated heterocycles. The lowest BCUT2D eigenvalue weighted by Crippen LogP contribution is -2.53. The molecule has 1 N–H and O–H groups in total. The van der Waals surface area contributed by atoms with Gasteiger partial charge in [0.15, 0.2) is 0 Å². The standard InChI is InChI=1S/C35H35Cl4N3O4S/c1-3-4-18-40-35(44)33(20-25-8-6-5-7-9-25)41(22-26-12-16-29(36)31(38)19-26)34(43)23-42(27-13-17-30(37)32(39)21-27)47(45,46)28-14-10-24(2)11-15-28/h5-17,19,21,33H,3-4,18,20,22-23H2,1-2H3,(H,40,44)/t33-/m0/s1. The number of nitrogens with one attached hydrogen (secondary N) is 1. The minimum atomic E-state index is -4.29. The van der Waals surface area contributed by atoms with E-state index >= 15 is 0 Å². The maximum Gasteiger partial charge on any atom is 0.264 e. The molecule has 4 rings (SSSR count). The third kappa shape index (κ3) is 9.64. The first-order chi connectivity index (χ1) is 22.4. The first kappa shape index (κ1) is 36.6. The van der Waals surface area contributed by atoms with Crippen molar-refractivity contribution < 1.29 is 18.0 Å². The molecule has 0 aliphatic rings. The van der Waals surface area contributed by atoms with Crippen LogP contribution in [0.25, 0.3) is 0 Å². The Morgan fingerprint density at radius 3 is 2.04 bits per heavy atom. The summed E-state index contributed by atoms with van der Waals surface area (Å²) in [4.78, 5) is 29.8. The maximum absolute atomic E-state index is 14.6. The van der Waals surface area contributed by atoms with E-state index in [4.69, 9.17) is 46.4 Å². The third-order valence-corrected chi connectivity index (χ3v) is 10.8. The maximum atomic E-state index is 14.6. The van der Waals surface area contributed by atoms with Crippen LogP contribution in [0.4, 0.5) is 5.69 Å². The SMILES string of the molecule is CCCCNC(=O)[C@H](Cc1ccccc1)N(Cc1ccc(Cl)c(Cl)c1)C(=O)CN(c1ccc(Cl)c(Cl)c1)S(=O)(=O)c1ccc(C)cc1. The first-order valence-electron chi connectivity index (χ1n) is 15.0. The monoisotopic (exact) mass is 733 g/mol. The van der Waals surface area contributed by atoms with Crippen LogP contribution in [0.1, 0.15) is 36.5 Å². The lowest BCUT2D eigenvalue weighted by atomic mass is 10.0. The molecule has 12 heteroatoms. The van der Waals surface area contributed by atoms with Gasteiger partial charge in [-0.1, -0.05) is 114 Å². The second-order valence-electron chi connectivity index (χ2n) is 11.0. The quantitative estimate of drug-likeness (QED) is 0.132. The van der Waals surface area contributed by atoms with E-state index in [1.807, 2.05) is 44.2 Å². The van der Waals surface area contributed by atoms with E-state index < -0.39 is 28.5 Å². The number of carbonyl (C=O) groups excluding carboxylic acids is 2. The molecule has 7 nitrogen and oxygen atoms in total. The first-order valence-corrected chi connectivity index (χ1v) is 18.0. The highest BCUT2D eigenvalue weighted by Gasteiger charge is 2.35. The summed E-state index contributed by atoms with van der Waals surface area (Å²) in [5.41, 5.74) is 2.43. The lowest BCUT2D eigenvalue weighted by molar-refractivity contribution is -0.140. The summed E-state index contributed by atoms with van der Waals surface area (Å²) >= 11 is 25.0. The van der Waals surface area contributed by atoms with Gasteiger partial charge in [0.1, 0.15) is 12.6 Å². The molecule has 0 unspecified atom stereocenters. The summed E-state index contributed by atoms with van der Waals surface area (Å²) in [7, 11) is -4.29. The molecule has 1 atom stereocenters. The summed E-state index contributed by atoms with van der Waals surface area (Å²) in [5.74, 6) is -0.984. The van der Waals surface area contributed by atoms with Gasteiger partial charge in [-0.25, -0.2) is 8.42 Å². The van der Waals surface area contributed by atoms with Gasteiger partial charge in [-0.15, -0.1) is 0 Å². The van der Waals surface area contributed by atoms with Gasteiger partial charge in [0.25, 0.3) is 10.0 Å². The number of carbonyl (C=O) groups is 2. The predicted molar refractivity (Wildman–Crippen MR) is 191 cm³/mol. The van der Waals surface area contributed by atoms with Crippen LogP contribution in [0.3, 0.4) is 0 Å². The van der Waals surface area contributed by atoms with E-state index in [1.54, 1.807) is 30.3 Å². The van der Waals surface area contributed by atoms with Crippen LogP contribution in [-0.2, 0) is 32.6 Å². The van der Waals surface area contributed by atoms with Crippen LogP contribution >= 0.6 is 46.4 Å². The van der Waals surface area contributed by atoms with Crippen LogP contribution < -0.4 is 9.62 Å². The van der Waals surface area contributed by atoms with Crippen LogP contribution in [0.5, 0.6) is 0 Å². The number of unbranched alkanes of at least 4 members (excludes halogenated alkanes) is 1. The van der Waals surface area contributed by atoms with Gasteiger partial charge in [-0.2, -0.15) is 0 Å². The van der Waals surface area contributed by atoms with Gasteiger partial charge in [0, 0.05) is 19.5 Å². The zero-order valence-electron chi connectivity index (χ0n) is 25.9. The predicted octanol–water partition coefficient (Wildman–Crippen LogP) is 8.36. The van der Waals surface area contributed by atoms with E-state index in [0.717, 1.165) is 28.3 Å². The smallest absolute Gasteiger partial charge is 0.264 e. The summed E-state index contributed by atoms with van der Waals surface area (Å²) < 4.78 is 29.3. The van der Waals surface area contributed by atoms with Crippen molar-refractivity contribution in [1.29, 1.82) is 0 Å². The van der Waals surface area contributed by atoms with Crippen molar-refractivity contribution in [3.8, 4) is 0 Å². The van der Waals surface area contributed by atoms with E-state index in [2.05, 4.69) is 5.32 Å². The van der Waals surface area contributed by atoms with Crippen molar-refractivity contribution in [2.45, 2.75) is 50.6 Å². The zero-order chi connectivity index (χ0) is 34.1. The fraction of sp³-hybridized carbons (Fsp3) is 0.257. The summed E-state index contributed by atoms with van der Waals surface area (Å²) in [6, 6.07) is 23.9. The second-order valence-corrected chi connectivity index (χ2v) is 14.5. The third-order valence-electron chi connectivity index (χ3n) is 7.52. The van der Waals surface area contributed by atoms with E-state index in [1.165, 1.54) is 35.2 Å². The Kier molecular flexibility index (Phi) is 13.0. The highest BCUT2D eigenvalue weighted by molar-refractivity contribution is 7.92. The zero-order valence-corrected chi connectivity index (χ0v) is 29.8. The van der Waals surface area contributed by atoms with Crippen LogP contribution in [0.2, 0.25) is 20.1 Å². The number of aryl methyl sites for hydroxylation is 1. The average molecular weight is 736 g/mol. The normalized spacial score (nSPS) is 12.0. The van der Waals surface area contributed by atoms with Gasteiger partial charge in [-0.3, -0.25) is 13.9 Å². The van der Waals surface area contributed by atoms with Gasteiger partial charge >= 0.3 is 0 Å².